The standard InChI is InChI=1S/C37H31Cl2N3O5S/c1-4-46-27-16-14-24(15-17-27)33-32(35(43)41-26-10-6-5-7-11-26)22(2)40-37-42(33)36(44)31(48-37)20-25-9-8-12-30(45-3)34(25)47-21-23-13-18-28(38)29(39)19-23/h5-20,33H,4,21H2,1-3H3,(H,41,43)/b31-20-/t33-/m0/s1. The monoisotopic (exact) mass is 699 g/mol. The Morgan fingerprint density at radius 2 is 1.75 bits per heavy atom. The van der Waals surface area contributed by atoms with E-state index in [1.54, 1.807) is 42.9 Å². The zero-order valence-electron chi connectivity index (χ0n) is 26.3. The van der Waals surface area contributed by atoms with Crippen LogP contribution in [0.25, 0.3) is 6.08 Å². The van der Waals surface area contributed by atoms with Gasteiger partial charge in [0, 0.05) is 11.3 Å². The Morgan fingerprint density at radius 1 is 0.979 bits per heavy atom. The van der Waals surface area contributed by atoms with Crippen LogP contribution in [0.4, 0.5) is 5.69 Å². The number of benzene rings is 4. The van der Waals surface area contributed by atoms with Crippen molar-refractivity contribution in [3.8, 4) is 17.2 Å². The Hall–Kier alpha value is -4.83. The lowest BCUT2D eigenvalue weighted by atomic mass is 9.95. The lowest BCUT2D eigenvalue weighted by molar-refractivity contribution is -0.113. The molecule has 4 aromatic carbocycles. The number of fused-ring (bicyclic) bond motifs is 1. The molecule has 0 spiro atoms. The molecule has 6 rings (SSSR count). The first-order valence-electron chi connectivity index (χ1n) is 15.1. The number of nitrogens with zero attached hydrogens (tertiary/aromatic N) is 2. The summed E-state index contributed by atoms with van der Waals surface area (Å²) in [6, 6.07) is 26.6. The second kappa shape index (κ2) is 14.5. The summed E-state index contributed by atoms with van der Waals surface area (Å²) < 4.78 is 19.5. The van der Waals surface area contributed by atoms with Gasteiger partial charge in [-0.05, 0) is 73.5 Å². The number of methoxy groups -OCH3 is 1. The summed E-state index contributed by atoms with van der Waals surface area (Å²) in [5.41, 5.74) is 3.41. The molecule has 0 radical (unpaired) electrons. The maximum Gasteiger partial charge on any atom is 0.271 e. The van der Waals surface area contributed by atoms with Crippen molar-refractivity contribution in [2.24, 2.45) is 4.99 Å². The summed E-state index contributed by atoms with van der Waals surface area (Å²) in [5, 5.41) is 3.85. The number of hydrogen-bond donors (Lipinski definition) is 1. The van der Waals surface area contributed by atoms with E-state index in [0.29, 0.717) is 65.8 Å². The Balaban J connectivity index is 1.44. The highest BCUT2D eigenvalue weighted by Crippen LogP contribution is 2.34. The Bertz CT molecular complexity index is 2200. The van der Waals surface area contributed by atoms with Crippen LogP contribution in [0, 0.1) is 0 Å². The minimum Gasteiger partial charge on any atom is -0.494 e. The fraction of sp³-hybridized carbons (Fsp3) is 0.162. The first kappa shape index (κ1) is 33.1. The van der Waals surface area contributed by atoms with Crippen molar-refractivity contribution in [1.29, 1.82) is 0 Å². The number of para-hydroxylation sites is 2. The number of amides is 1. The molecule has 1 aliphatic heterocycles. The number of hydrogen-bond acceptors (Lipinski definition) is 7. The molecule has 0 unspecified atom stereocenters. The first-order valence-corrected chi connectivity index (χ1v) is 16.7. The Morgan fingerprint density at radius 3 is 2.46 bits per heavy atom. The van der Waals surface area contributed by atoms with E-state index in [9.17, 15) is 9.59 Å². The molecule has 1 N–H and O–H groups in total. The maximum atomic E-state index is 14.3. The number of anilines is 1. The third-order valence-corrected chi connectivity index (χ3v) is 9.41. The van der Waals surface area contributed by atoms with Gasteiger partial charge in [-0.25, -0.2) is 4.99 Å². The van der Waals surface area contributed by atoms with Gasteiger partial charge in [0.25, 0.3) is 11.5 Å². The van der Waals surface area contributed by atoms with Gasteiger partial charge in [-0.15, -0.1) is 0 Å². The van der Waals surface area contributed by atoms with Crippen LogP contribution in [0.2, 0.25) is 10.0 Å². The molecule has 244 valence electrons. The summed E-state index contributed by atoms with van der Waals surface area (Å²) >= 11 is 13.6. The number of halogens is 2. The van der Waals surface area contributed by atoms with Crippen molar-refractivity contribution in [1.82, 2.24) is 4.57 Å². The minimum absolute atomic E-state index is 0.191. The summed E-state index contributed by atoms with van der Waals surface area (Å²) in [6.45, 7) is 4.41. The van der Waals surface area contributed by atoms with Gasteiger partial charge < -0.3 is 19.5 Å². The highest BCUT2D eigenvalue weighted by atomic mass is 35.5. The molecular weight excluding hydrogens is 669 g/mol. The van der Waals surface area contributed by atoms with Crippen LogP contribution in [-0.4, -0.2) is 24.2 Å². The van der Waals surface area contributed by atoms with Gasteiger partial charge in [0.15, 0.2) is 16.3 Å². The summed E-state index contributed by atoms with van der Waals surface area (Å²) in [5.74, 6) is 1.30. The Labute approximate surface area is 291 Å². The number of carbonyl (C=O) groups excluding carboxylic acids is 1. The van der Waals surface area contributed by atoms with E-state index >= 15 is 0 Å². The van der Waals surface area contributed by atoms with Crippen LogP contribution >= 0.6 is 34.5 Å². The normalized spacial score (nSPS) is 14.3. The third-order valence-electron chi connectivity index (χ3n) is 7.69. The smallest absolute Gasteiger partial charge is 0.271 e. The van der Waals surface area contributed by atoms with E-state index < -0.39 is 6.04 Å². The van der Waals surface area contributed by atoms with E-state index in [-0.39, 0.29) is 18.1 Å². The number of allylic oxidation sites excluding steroid dienone is 1. The molecule has 5 aromatic rings. The van der Waals surface area contributed by atoms with Gasteiger partial charge in [0.05, 0.1) is 45.6 Å². The predicted octanol–water partition coefficient (Wildman–Crippen LogP) is 7.17. The van der Waals surface area contributed by atoms with Gasteiger partial charge in [-0.2, -0.15) is 0 Å². The SMILES string of the molecule is CCOc1ccc([C@H]2C(C(=O)Nc3ccccc3)=C(C)N=c3s/c(=C\c4cccc(OC)c4OCc4ccc(Cl)c(Cl)c4)c(=O)n32)cc1. The summed E-state index contributed by atoms with van der Waals surface area (Å²) in [7, 11) is 1.56. The molecule has 1 amide bonds. The maximum absolute atomic E-state index is 14.3. The molecule has 48 heavy (non-hydrogen) atoms. The molecule has 0 saturated carbocycles. The molecule has 0 bridgehead atoms. The van der Waals surface area contributed by atoms with Gasteiger partial charge in [0.2, 0.25) is 0 Å². The van der Waals surface area contributed by atoms with Crippen LogP contribution < -0.4 is 34.4 Å². The van der Waals surface area contributed by atoms with Gasteiger partial charge in [-0.1, -0.05) is 83.1 Å². The quantitative estimate of drug-likeness (QED) is 0.167. The molecule has 1 atom stereocenters. The molecule has 2 heterocycles. The Kier molecular flexibility index (Phi) is 10.0. The van der Waals surface area contributed by atoms with Crippen molar-refractivity contribution in [2.75, 3.05) is 19.0 Å². The molecule has 0 aliphatic carbocycles. The van der Waals surface area contributed by atoms with Gasteiger partial charge in [-0.3, -0.25) is 14.2 Å². The molecule has 0 fully saturated rings. The average molecular weight is 701 g/mol. The van der Waals surface area contributed by atoms with Crippen LogP contribution in [0.15, 0.2) is 112 Å². The highest BCUT2D eigenvalue weighted by molar-refractivity contribution is 7.07. The summed E-state index contributed by atoms with van der Waals surface area (Å²) in [4.78, 5) is 33.4. The van der Waals surface area contributed by atoms with Crippen LogP contribution in [-0.2, 0) is 11.4 Å². The van der Waals surface area contributed by atoms with Crippen molar-refractivity contribution >= 4 is 52.2 Å². The molecular formula is C37H31Cl2N3O5S. The van der Waals surface area contributed by atoms with Crippen LogP contribution in [0.5, 0.6) is 17.2 Å². The van der Waals surface area contributed by atoms with Crippen molar-refractivity contribution in [2.45, 2.75) is 26.5 Å². The zero-order chi connectivity index (χ0) is 33.8. The van der Waals surface area contributed by atoms with E-state index in [4.69, 9.17) is 42.4 Å². The average Bonchev–Trinajstić information content (AvgIpc) is 3.39. The lowest BCUT2D eigenvalue weighted by Crippen LogP contribution is -2.40. The van der Waals surface area contributed by atoms with E-state index in [1.807, 2.05) is 79.7 Å². The summed E-state index contributed by atoms with van der Waals surface area (Å²) in [6.07, 6.45) is 1.76. The fourth-order valence-corrected chi connectivity index (χ4v) is 6.81. The number of thiazole rings is 1. The van der Waals surface area contributed by atoms with Gasteiger partial charge in [0.1, 0.15) is 12.4 Å². The fourth-order valence-electron chi connectivity index (χ4n) is 5.45. The molecule has 1 aromatic heterocycles. The number of ether oxygens (including phenoxy) is 3. The largest absolute Gasteiger partial charge is 0.494 e. The number of nitrogens with one attached hydrogen (secondary N) is 1. The van der Waals surface area contributed by atoms with E-state index in [2.05, 4.69) is 5.32 Å². The van der Waals surface area contributed by atoms with Crippen molar-refractivity contribution < 1.29 is 19.0 Å². The lowest BCUT2D eigenvalue weighted by Gasteiger charge is -2.25. The first-order chi connectivity index (χ1) is 23.3. The van der Waals surface area contributed by atoms with E-state index in [1.165, 1.54) is 11.3 Å². The topological polar surface area (TPSA) is 91.2 Å². The second-order valence-electron chi connectivity index (χ2n) is 10.8. The number of carbonyl (C=O) groups is 1. The van der Waals surface area contributed by atoms with Crippen molar-refractivity contribution in [3.05, 3.63) is 149 Å². The third kappa shape index (κ3) is 6.89. The minimum atomic E-state index is -0.738. The van der Waals surface area contributed by atoms with E-state index in [0.717, 1.165) is 11.1 Å². The predicted molar refractivity (Wildman–Crippen MR) is 190 cm³/mol. The number of rotatable bonds is 10. The van der Waals surface area contributed by atoms with Crippen LogP contribution in [0.1, 0.15) is 36.6 Å². The van der Waals surface area contributed by atoms with Gasteiger partial charge >= 0.3 is 0 Å². The molecule has 0 saturated heterocycles. The highest BCUT2D eigenvalue weighted by Gasteiger charge is 2.32. The molecule has 1 aliphatic rings. The zero-order valence-corrected chi connectivity index (χ0v) is 28.7. The van der Waals surface area contributed by atoms with Crippen LogP contribution in [0.3, 0.4) is 0 Å². The molecule has 8 nitrogen and oxygen atoms in total. The van der Waals surface area contributed by atoms with Crippen molar-refractivity contribution in [3.63, 3.8) is 0 Å². The number of aromatic nitrogens is 1. The second-order valence-corrected chi connectivity index (χ2v) is 12.6. The molecule has 11 heteroatoms.